The molecule has 0 amide bonds. The van der Waals surface area contributed by atoms with Gasteiger partial charge in [-0.2, -0.15) is 0 Å². The van der Waals surface area contributed by atoms with E-state index in [1.165, 1.54) is 25.7 Å². The van der Waals surface area contributed by atoms with Crippen molar-refractivity contribution >= 4 is 5.69 Å². The summed E-state index contributed by atoms with van der Waals surface area (Å²) in [5.41, 5.74) is 7.87. The van der Waals surface area contributed by atoms with Crippen molar-refractivity contribution in [3.05, 3.63) is 29.1 Å². The van der Waals surface area contributed by atoms with Crippen LogP contribution in [0.4, 0.5) is 10.1 Å². The molecule has 14 heavy (non-hydrogen) atoms. The minimum Gasteiger partial charge on any atom is -0.396 e. The number of hydrogen-bond acceptors (Lipinski definition) is 1. The summed E-state index contributed by atoms with van der Waals surface area (Å²) in [6.45, 7) is 1.87. The highest BCUT2D eigenvalue weighted by molar-refractivity contribution is 5.49. The normalized spacial score (nSPS) is 17.6. The van der Waals surface area contributed by atoms with Gasteiger partial charge in [-0.25, -0.2) is 4.39 Å². The molecule has 2 rings (SSSR count). The summed E-state index contributed by atoms with van der Waals surface area (Å²) in [7, 11) is 0. The first-order chi connectivity index (χ1) is 6.68. The van der Waals surface area contributed by atoms with Crippen LogP contribution >= 0.6 is 0 Å². The molecule has 0 radical (unpaired) electrons. The molecule has 76 valence electrons. The van der Waals surface area contributed by atoms with E-state index in [1.807, 2.05) is 13.0 Å². The standard InChI is InChI=1S/C12H16FN/c1-8-6-10(7-11(13)12(8)14)9-4-2-3-5-9/h6-7,9H,2-5,14H2,1H3. The van der Waals surface area contributed by atoms with Crippen molar-refractivity contribution in [3.8, 4) is 0 Å². The minimum atomic E-state index is -0.257. The molecule has 0 atom stereocenters. The Kier molecular flexibility index (Phi) is 2.44. The zero-order valence-electron chi connectivity index (χ0n) is 8.52. The van der Waals surface area contributed by atoms with Crippen molar-refractivity contribution in [3.63, 3.8) is 0 Å². The Hall–Kier alpha value is -1.05. The summed E-state index contributed by atoms with van der Waals surface area (Å²) in [5.74, 6) is 0.302. The third-order valence-corrected chi connectivity index (χ3v) is 3.19. The monoisotopic (exact) mass is 193 g/mol. The first-order valence-electron chi connectivity index (χ1n) is 5.24. The van der Waals surface area contributed by atoms with E-state index in [0.29, 0.717) is 11.6 Å². The molecule has 1 aliphatic rings. The van der Waals surface area contributed by atoms with Gasteiger partial charge in [-0.1, -0.05) is 18.9 Å². The highest BCUT2D eigenvalue weighted by Crippen LogP contribution is 2.35. The second-order valence-electron chi connectivity index (χ2n) is 4.21. The van der Waals surface area contributed by atoms with Crippen molar-refractivity contribution in [1.82, 2.24) is 0 Å². The number of halogens is 1. The Morgan fingerprint density at radius 2 is 1.93 bits per heavy atom. The SMILES string of the molecule is Cc1cc(C2CCCC2)cc(F)c1N. The molecule has 0 aliphatic heterocycles. The van der Waals surface area contributed by atoms with E-state index in [4.69, 9.17) is 5.73 Å². The van der Waals surface area contributed by atoms with Crippen molar-refractivity contribution in [2.24, 2.45) is 0 Å². The number of nitrogens with two attached hydrogens (primary N) is 1. The molecular formula is C12H16FN. The Morgan fingerprint density at radius 1 is 1.29 bits per heavy atom. The minimum absolute atomic E-state index is 0.257. The van der Waals surface area contributed by atoms with Crippen LogP contribution in [0, 0.1) is 12.7 Å². The maximum absolute atomic E-state index is 13.4. The second-order valence-corrected chi connectivity index (χ2v) is 4.21. The van der Waals surface area contributed by atoms with Crippen molar-refractivity contribution in [2.45, 2.75) is 38.5 Å². The van der Waals surface area contributed by atoms with E-state index in [9.17, 15) is 4.39 Å². The number of nitrogen functional groups attached to an aromatic ring is 1. The lowest BCUT2D eigenvalue weighted by Gasteiger charge is -2.12. The lowest BCUT2D eigenvalue weighted by atomic mass is 9.95. The van der Waals surface area contributed by atoms with Crippen LogP contribution in [0.5, 0.6) is 0 Å². The average molecular weight is 193 g/mol. The Labute approximate surface area is 84.1 Å². The van der Waals surface area contributed by atoms with Gasteiger partial charge in [0.2, 0.25) is 0 Å². The summed E-state index contributed by atoms with van der Waals surface area (Å²) in [5, 5.41) is 0. The number of rotatable bonds is 1. The first-order valence-corrected chi connectivity index (χ1v) is 5.24. The van der Waals surface area contributed by atoms with Crippen LogP contribution in [0.2, 0.25) is 0 Å². The van der Waals surface area contributed by atoms with E-state index in [1.54, 1.807) is 6.07 Å². The van der Waals surface area contributed by atoms with E-state index >= 15 is 0 Å². The van der Waals surface area contributed by atoms with Crippen LogP contribution in [0.15, 0.2) is 12.1 Å². The van der Waals surface area contributed by atoms with Gasteiger partial charge in [0, 0.05) is 0 Å². The van der Waals surface area contributed by atoms with Crippen molar-refractivity contribution in [1.29, 1.82) is 0 Å². The van der Waals surface area contributed by atoms with Crippen LogP contribution < -0.4 is 5.73 Å². The van der Waals surface area contributed by atoms with Crippen molar-refractivity contribution < 1.29 is 4.39 Å². The molecule has 1 nitrogen and oxygen atoms in total. The van der Waals surface area contributed by atoms with Gasteiger partial charge in [0.1, 0.15) is 5.82 Å². The van der Waals surface area contributed by atoms with Gasteiger partial charge in [0.05, 0.1) is 5.69 Å². The molecule has 0 saturated heterocycles. The maximum Gasteiger partial charge on any atom is 0.146 e. The van der Waals surface area contributed by atoms with E-state index in [0.717, 1.165) is 11.1 Å². The third kappa shape index (κ3) is 1.61. The van der Waals surface area contributed by atoms with Gasteiger partial charge in [-0.15, -0.1) is 0 Å². The van der Waals surface area contributed by atoms with Crippen molar-refractivity contribution in [2.75, 3.05) is 5.73 Å². The maximum atomic E-state index is 13.4. The number of hydrogen-bond donors (Lipinski definition) is 1. The molecular weight excluding hydrogens is 177 g/mol. The second kappa shape index (κ2) is 3.60. The van der Waals surface area contributed by atoms with E-state index in [-0.39, 0.29) is 5.82 Å². The predicted octanol–water partition coefficient (Wildman–Crippen LogP) is 3.37. The predicted molar refractivity (Wildman–Crippen MR) is 56.8 cm³/mol. The summed E-state index contributed by atoms with van der Waals surface area (Å²) in [4.78, 5) is 0. The van der Waals surface area contributed by atoms with E-state index < -0.39 is 0 Å². The van der Waals surface area contributed by atoms with Crippen LogP contribution in [0.25, 0.3) is 0 Å². The third-order valence-electron chi connectivity index (χ3n) is 3.19. The lowest BCUT2D eigenvalue weighted by molar-refractivity contribution is 0.622. The van der Waals surface area contributed by atoms with Crippen LogP contribution in [-0.2, 0) is 0 Å². The quantitative estimate of drug-likeness (QED) is 0.680. The number of anilines is 1. The molecule has 1 saturated carbocycles. The topological polar surface area (TPSA) is 26.0 Å². The van der Waals surface area contributed by atoms with Crippen LogP contribution in [0.1, 0.15) is 42.7 Å². The Morgan fingerprint density at radius 3 is 2.50 bits per heavy atom. The average Bonchev–Trinajstić information content (AvgIpc) is 2.66. The van der Waals surface area contributed by atoms with Crippen LogP contribution in [-0.4, -0.2) is 0 Å². The molecule has 0 heterocycles. The molecule has 0 bridgehead atoms. The Bertz CT molecular complexity index is 317. The van der Waals surface area contributed by atoms with E-state index in [2.05, 4.69) is 0 Å². The fraction of sp³-hybridized carbons (Fsp3) is 0.500. The summed E-state index contributed by atoms with van der Waals surface area (Å²) in [6.07, 6.45) is 4.94. The molecule has 1 fully saturated rings. The molecule has 0 aromatic heterocycles. The van der Waals surface area contributed by atoms with Gasteiger partial charge in [0.25, 0.3) is 0 Å². The molecule has 0 unspecified atom stereocenters. The summed E-state index contributed by atoms with van der Waals surface area (Å²) >= 11 is 0. The molecule has 2 N–H and O–H groups in total. The lowest BCUT2D eigenvalue weighted by Crippen LogP contribution is -1.99. The molecule has 1 aliphatic carbocycles. The molecule has 1 aromatic carbocycles. The smallest absolute Gasteiger partial charge is 0.146 e. The highest BCUT2D eigenvalue weighted by Gasteiger charge is 2.18. The fourth-order valence-corrected chi connectivity index (χ4v) is 2.28. The highest BCUT2D eigenvalue weighted by atomic mass is 19.1. The summed E-state index contributed by atoms with van der Waals surface area (Å²) < 4.78 is 13.4. The van der Waals surface area contributed by atoms with Crippen LogP contribution in [0.3, 0.4) is 0 Å². The summed E-state index contributed by atoms with van der Waals surface area (Å²) in [6, 6.07) is 3.65. The number of benzene rings is 1. The van der Waals surface area contributed by atoms with Gasteiger partial charge in [-0.3, -0.25) is 0 Å². The van der Waals surface area contributed by atoms with Gasteiger partial charge in [0.15, 0.2) is 0 Å². The molecule has 1 aromatic rings. The first kappa shape index (κ1) is 9.50. The van der Waals surface area contributed by atoms with Gasteiger partial charge >= 0.3 is 0 Å². The molecule has 0 spiro atoms. The van der Waals surface area contributed by atoms with Gasteiger partial charge in [-0.05, 0) is 42.9 Å². The zero-order chi connectivity index (χ0) is 10.1. The van der Waals surface area contributed by atoms with Gasteiger partial charge < -0.3 is 5.73 Å². The Balaban J connectivity index is 2.34. The number of aryl methyl sites for hydroxylation is 1. The zero-order valence-corrected chi connectivity index (χ0v) is 8.52. The largest absolute Gasteiger partial charge is 0.396 e. The fourth-order valence-electron chi connectivity index (χ4n) is 2.28. The molecule has 2 heteroatoms.